The summed E-state index contributed by atoms with van der Waals surface area (Å²) in [5.74, 6) is 0.180. The summed E-state index contributed by atoms with van der Waals surface area (Å²) in [6.45, 7) is 3.67. The van der Waals surface area contributed by atoms with Gasteiger partial charge < -0.3 is 40.3 Å². The molecule has 5 amide bonds. The summed E-state index contributed by atoms with van der Waals surface area (Å²) >= 11 is 0. The maximum atomic E-state index is 13.7. The Morgan fingerprint density at radius 1 is 1.02 bits per heavy atom. The predicted octanol–water partition coefficient (Wildman–Crippen LogP) is 5.74. The second-order valence-electron chi connectivity index (χ2n) is 11.0. The third kappa shape index (κ3) is 8.38. The first-order chi connectivity index (χ1) is 21.8. The third-order valence-corrected chi connectivity index (χ3v) is 7.53. The number of alkyl halides is 3. The number of anilines is 3. The Labute approximate surface area is 264 Å². The second kappa shape index (κ2) is 14.4. The summed E-state index contributed by atoms with van der Waals surface area (Å²) in [5.41, 5.74) is 0.200. The van der Waals surface area contributed by atoms with Crippen LogP contribution < -0.4 is 25.4 Å². The highest BCUT2D eigenvalue weighted by Gasteiger charge is 2.34. The molecule has 11 nitrogen and oxygen atoms in total. The van der Waals surface area contributed by atoms with E-state index >= 15 is 0 Å². The summed E-state index contributed by atoms with van der Waals surface area (Å²) in [6.07, 6.45) is -5.07. The first-order valence-corrected chi connectivity index (χ1v) is 14.4. The molecular weight excluding hydrogens is 607 g/mol. The Bertz CT molecular complexity index is 1530. The number of hydrogen-bond donors (Lipinski definition) is 4. The number of fused-ring (bicyclic) bond motifs is 1. The minimum Gasteiger partial charge on any atom is -0.497 e. The summed E-state index contributed by atoms with van der Waals surface area (Å²) in [6, 6.07) is 13.6. The largest absolute Gasteiger partial charge is 0.497 e. The number of methoxy groups -OCH3 is 1. The van der Waals surface area contributed by atoms with Crippen molar-refractivity contribution in [2.24, 2.45) is 5.92 Å². The Balaban J connectivity index is 1.51. The third-order valence-electron chi connectivity index (χ3n) is 7.53. The fourth-order valence-corrected chi connectivity index (χ4v) is 4.80. The molecule has 3 atom stereocenters. The van der Waals surface area contributed by atoms with Crippen LogP contribution in [0.25, 0.3) is 0 Å². The maximum absolute atomic E-state index is 13.7. The SMILES string of the molecule is COc1ccc(NC(=O)N(C)C[C@H]2Oc3ccc(NC(=O)Nc4ccc(C(F)(F)F)cc4)cc3C(=O)N([C@H](C)CO)C[C@H]2C)cc1. The number of nitrogens with zero attached hydrogens (tertiary/aromatic N) is 2. The van der Waals surface area contributed by atoms with Gasteiger partial charge in [-0.05, 0) is 73.7 Å². The van der Waals surface area contributed by atoms with Crippen LogP contribution in [0.2, 0.25) is 0 Å². The zero-order valence-electron chi connectivity index (χ0n) is 25.7. The molecule has 0 unspecified atom stereocenters. The van der Waals surface area contributed by atoms with Gasteiger partial charge in [0.1, 0.15) is 17.6 Å². The average Bonchev–Trinajstić information content (AvgIpc) is 3.02. The lowest BCUT2D eigenvalue weighted by atomic mass is 9.99. The van der Waals surface area contributed by atoms with E-state index in [1.807, 2.05) is 6.92 Å². The van der Waals surface area contributed by atoms with E-state index in [-0.39, 0.29) is 54.3 Å². The smallest absolute Gasteiger partial charge is 0.416 e. The van der Waals surface area contributed by atoms with E-state index in [2.05, 4.69) is 16.0 Å². The van der Waals surface area contributed by atoms with Crippen molar-refractivity contribution in [1.82, 2.24) is 9.80 Å². The number of ether oxygens (including phenoxy) is 2. The molecule has 0 bridgehead atoms. The van der Waals surface area contributed by atoms with Crippen molar-refractivity contribution >= 4 is 35.0 Å². The molecule has 0 spiro atoms. The van der Waals surface area contributed by atoms with Gasteiger partial charge >= 0.3 is 18.2 Å². The van der Waals surface area contributed by atoms with E-state index in [0.717, 1.165) is 24.3 Å². The van der Waals surface area contributed by atoms with Crippen molar-refractivity contribution in [3.8, 4) is 11.5 Å². The fourth-order valence-electron chi connectivity index (χ4n) is 4.80. The van der Waals surface area contributed by atoms with Crippen molar-refractivity contribution < 1.29 is 42.1 Å². The molecule has 3 aromatic rings. The molecule has 3 aromatic carbocycles. The standard InChI is InChI=1S/C32H36F3N5O6/c1-19-16-40(20(2)18-41)29(42)26-15-24(37-30(43)36-22-7-5-21(6-8-22)32(33,34)35)11-14-27(26)46-28(19)17-39(3)31(44)38-23-9-12-25(45-4)13-10-23/h5-15,19-20,28,41H,16-18H2,1-4H3,(H,38,44)(H2,36,37,43)/t19-,20-,28-/m1/s1. The number of aliphatic hydroxyl groups is 1. The number of carbonyl (C=O) groups is 3. The molecule has 0 saturated heterocycles. The molecular formula is C32H36F3N5O6. The lowest BCUT2D eigenvalue weighted by Gasteiger charge is -2.38. The van der Waals surface area contributed by atoms with Gasteiger partial charge in [-0.15, -0.1) is 0 Å². The van der Waals surface area contributed by atoms with E-state index in [9.17, 15) is 32.7 Å². The zero-order chi connectivity index (χ0) is 33.6. The van der Waals surface area contributed by atoms with E-state index < -0.39 is 35.8 Å². The zero-order valence-corrected chi connectivity index (χ0v) is 25.7. The van der Waals surface area contributed by atoms with Crippen LogP contribution in [-0.4, -0.2) is 78.9 Å². The van der Waals surface area contributed by atoms with Gasteiger partial charge in [-0.2, -0.15) is 13.2 Å². The Kier molecular flexibility index (Phi) is 10.6. The molecule has 4 N–H and O–H groups in total. The number of amides is 5. The number of hydrogen-bond acceptors (Lipinski definition) is 6. The Morgan fingerprint density at radius 3 is 2.22 bits per heavy atom. The lowest BCUT2D eigenvalue weighted by molar-refractivity contribution is -0.137. The second-order valence-corrected chi connectivity index (χ2v) is 11.0. The number of carbonyl (C=O) groups excluding carboxylic acids is 3. The minimum atomic E-state index is -4.51. The molecule has 0 aliphatic carbocycles. The van der Waals surface area contributed by atoms with Gasteiger partial charge in [0.25, 0.3) is 5.91 Å². The fraction of sp³-hybridized carbons (Fsp3) is 0.344. The van der Waals surface area contributed by atoms with Crippen molar-refractivity contribution in [2.45, 2.75) is 32.2 Å². The molecule has 0 fully saturated rings. The molecule has 14 heteroatoms. The molecule has 0 saturated carbocycles. The quantitative estimate of drug-likeness (QED) is 0.248. The summed E-state index contributed by atoms with van der Waals surface area (Å²) in [5, 5.41) is 17.8. The number of likely N-dealkylation sites (N-methyl/N-ethyl adjacent to an activating group) is 1. The number of nitrogens with one attached hydrogen (secondary N) is 3. The van der Waals surface area contributed by atoms with Crippen molar-refractivity contribution in [2.75, 3.05) is 49.8 Å². The molecule has 0 radical (unpaired) electrons. The molecule has 0 aromatic heterocycles. The number of halogens is 3. The van der Waals surface area contributed by atoms with Crippen molar-refractivity contribution in [3.63, 3.8) is 0 Å². The summed E-state index contributed by atoms with van der Waals surface area (Å²) in [7, 11) is 3.17. The van der Waals surface area contributed by atoms with Crippen LogP contribution in [0.15, 0.2) is 66.7 Å². The van der Waals surface area contributed by atoms with Gasteiger partial charge in [-0.1, -0.05) is 6.92 Å². The normalized spacial score (nSPS) is 17.0. The van der Waals surface area contributed by atoms with Crippen LogP contribution >= 0.6 is 0 Å². The van der Waals surface area contributed by atoms with Crippen LogP contribution in [0, 0.1) is 5.92 Å². The Hall–Kier alpha value is -4.98. The minimum absolute atomic E-state index is 0.120. The monoisotopic (exact) mass is 643 g/mol. The molecule has 1 heterocycles. The van der Waals surface area contributed by atoms with Crippen LogP contribution in [-0.2, 0) is 6.18 Å². The Morgan fingerprint density at radius 2 is 1.61 bits per heavy atom. The molecule has 246 valence electrons. The number of rotatable bonds is 8. The van der Waals surface area contributed by atoms with Gasteiger partial charge in [-0.25, -0.2) is 9.59 Å². The van der Waals surface area contributed by atoms with E-state index in [0.29, 0.717) is 11.4 Å². The van der Waals surface area contributed by atoms with Gasteiger partial charge in [0.15, 0.2) is 0 Å². The topological polar surface area (TPSA) is 132 Å². The predicted molar refractivity (Wildman–Crippen MR) is 166 cm³/mol. The van der Waals surface area contributed by atoms with Crippen molar-refractivity contribution in [1.29, 1.82) is 0 Å². The first kappa shape index (κ1) is 33.9. The highest BCUT2D eigenvalue weighted by atomic mass is 19.4. The highest BCUT2D eigenvalue weighted by Crippen LogP contribution is 2.32. The first-order valence-electron chi connectivity index (χ1n) is 14.4. The number of urea groups is 2. The average molecular weight is 644 g/mol. The van der Waals surface area contributed by atoms with E-state index in [1.54, 1.807) is 45.3 Å². The molecule has 4 rings (SSSR count). The van der Waals surface area contributed by atoms with E-state index in [4.69, 9.17) is 9.47 Å². The van der Waals surface area contributed by atoms with Gasteiger partial charge in [0, 0.05) is 36.6 Å². The summed E-state index contributed by atoms with van der Waals surface area (Å²) in [4.78, 5) is 42.3. The van der Waals surface area contributed by atoms with Crippen molar-refractivity contribution in [3.05, 3.63) is 77.9 Å². The number of aliphatic hydroxyl groups excluding tert-OH is 1. The number of benzene rings is 3. The van der Waals surface area contributed by atoms with Gasteiger partial charge in [0.2, 0.25) is 0 Å². The molecule has 1 aliphatic rings. The van der Waals surface area contributed by atoms with Crippen LogP contribution in [0.5, 0.6) is 11.5 Å². The lowest BCUT2D eigenvalue weighted by Crippen LogP contribution is -2.50. The summed E-state index contributed by atoms with van der Waals surface area (Å²) < 4.78 is 50.0. The highest BCUT2D eigenvalue weighted by molar-refractivity contribution is 6.02. The van der Waals surface area contributed by atoms with Crippen LogP contribution in [0.1, 0.15) is 29.8 Å². The maximum Gasteiger partial charge on any atom is 0.416 e. The van der Waals surface area contributed by atoms with E-state index in [1.165, 1.54) is 28.0 Å². The van der Waals surface area contributed by atoms with Gasteiger partial charge in [-0.3, -0.25) is 4.79 Å². The van der Waals surface area contributed by atoms with Gasteiger partial charge in [0.05, 0.1) is 37.4 Å². The molecule has 46 heavy (non-hydrogen) atoms. The molecule has 1 aliphatic heterocycles. The van der Waals surface area contributed by atoms with Crippen LogP contribution in [0.3, 0.4) is 0 Å². The van der Waals surface area contributed by atoms with Crippen LogP contribution in [0.4, 0.5) is 39.8 Å².